The minimum atomic E-state index is -0.555. The maximum absolute atomic E-state index is 11.7. The summed E-state index contributed by atoms with van der Waals surface area (Å²) < 4.78 is 10.4. The van der Waals surface area contributed by atoms with Gasteiger partial charge in [-0.15, -0.1) is 0 Å². The maximum Gasteiger partial charge on any atom is 0.340 e. The van der Waals surface area contributed by atoms with Gasteiger partial charge in [-0.2, -0.15) is 0 Å². The number of hydrogen-bond donors (Lipinski definition) is 0. The standard InChI is InChI=1S/C16H28O3/c1-2-18-15(17)16(13-19-16)12-8-4-7-11-14-9-5-3-6-10-14/h14H,2-13H2,1H3. The highest BCUT2D eigenvalue weighted by atomic mass is 16.6. The van der Waals surface area contributed by atoms with Gasteiger partial charge in [0.2, 0.25) is 0 Å². The molecule has 1 aliphatic heterocycles. The van der Waals surface area contributed by atoms with Crippen molar-refractivity contribution in [1.29, 1.82) is 0 Å². The molecule has 1 saturated carbocycles. The fourth-order valence-corrected chi connectivity index (χ4v) is 3.21. The van der Waals surface area contributed by atoms with Crippen LogP contribution in [0.15, 0.2) is 0 Å². The van der Waals surface area contributed by atoms with Gasteiger partial charge in [0.1, 0.15) is 0 Å². The van der Waals surface area contributed by atoms with Crippen LogP contribution in [0.3, 0.4) is 0 Å². The van der Waals surface area contributed by atoms with Crippen LogP contribution >= 0.6 is 0 Å². The Kier molecular flexibility index (Phi) is 5.68. The molecule has 3 heteroatoms. The molecular formula is C16H28O3. The van der Waals surface area contributed by atoms with E-state index in [2.05, 4.69) is 0 Å². The van der Waals surface area contributed by atoms with Crippen molar-refractivity contribution in [3.8, 4) is 0 Å². The number of carbonyl (C=O) groups excluding carboxylic acids is 1. The first kappa shape index (κ1) is 14.8. The van der Waals surface area contributed by atoms with E-state index in [0.29, 0.717) is 13.2 Å². The predicted molar refractivity (Wildman–Crippen MR) is 75.0 cm³/mol. The second-order valence-corrected chi connectivity index (χ2v) is 6.11. The lowest BCUT2D eigenvalue weighted by atomic mass is 9.85. The van der Waals surface area contributed by atoms with Crippen molar-refractivity contribution in [3.05, 3.63) is 0 Å². The van der Waals surface area contributed by atoms with Crippen molar-refractivity contribution in [2.75, 3.05) is 13.2 Å². The zero-order chi connectivity index (χ0) is 13.6. The van der Waals surface area contributed by atoms with E-state index in [1.807, 2.05) is 6.92 Å². The Balaban J connectivity index is 1.53. The van der Waals surface area contributed by atoms with E-state index >= 15 is 0 Å². The van der Waals surface area contributed by atoms with Crippen molar-refractivity contribution in [2.24, 2.45) is 5.92 Å². The summed E-state index contributed by atoms with van der Waals surface area (Å²) >= 11 is 0. The molecule has 2 rings (SSSR count). The Labute approximate surface area is 117 Å². The van der Waals surface area contributed by atoms with Crippen LogP contribution in [0.2, 0.25) is 0 Å². The van der Waals surface area contributed by atoms with E-state index < -0.39 is 5.60 Å². The van der Waals surface area contributed by atoms with Crippen molar-refractivity contribution >= 4 is 5.97 Å². The fourth-order valence-electron chi connectivity index (χ4n) is 3.21. The van der Waals surface area contributed by atoms with Gasteiger partial charge < -0.3 is 9.47 Å². The van der Waals surface area contributed by atoms with Gasteiger partial charge in [0.25, 0.3) is 0 Å². The molecule has 110 valence electrons. The summed E-state index contributed by atoms with van der Waals surface area (Å²) in [5, 5.41) is 0. The SMILES string of the molecule is CCOC(=O)C1(CCCCCC2CCCCC2)CO1. The molecule has 0 bridgehead atoms. The molecule has 0 aromatic carbocycles. The molecule has 1 unspecified atom stereocenters. The number of rotatable bonds is 8. The lowest BCUT2D eigenvalue weighted by Gasteiger charge is -2.21. The summed E-state index contributed by atoms with van der Waals surface area (Å²) in [4.78, 5) is 11.7. The number of ether oxygens (including phenoxy) is 2. The summed E-state index contributed by atoms with van der Waals surface area (Å²) in [7, 11) is 0. The first-order valence-corrected chi connectivity index (χ1v) is 8.08. The Morgan fingerprint density at radius 1 is 1.21 bits per heavy atom. The molecule has 0 radical (unpaired) electrons. The second kappa shape index (κ2) is 7.28. The van der Waals surface area contributed by atoms with Crippen LogP contribution in [0.1, 0.15) is 71.1 Å². The van der Waals surface area contributed by atoms with Gasteiger partial charge in [-0.1, -0.05) is 51.4 Å². The lowest BCUT2D eigenvalue weighted by molar-refractivity contribution is -0.149. The van der Waals surface area contributed by atoms with Crippen LogP contribution in [0.4, 0.5) is 0 Å². The Hall–Kier alpha value is -0.570. The summed E-state index contributed by atoms with van der Waals surface area (Å²) in [6, 6.07) is 0. The fraction of sp³-hybridized carbons (Fsp3) is 0.938. The third-order valence-electron chi connectivity index (χ3n) is 4.56. The molecule has 0 amide bonds. The topological polar surface area (TPSA) is 38.8 Å². The lowest BCUT2D eigenvalue weighted by Crippen LogP contribution is -2.27. The molecule has 1 aliphatic carbocycles. The van der Waals surface area contributed by atoms with Gasteiger partial charge in [0.05, 0.1) is 13.2 Å². The monoisotopic (exact) mass is 268 g/mol. The number of epoxide rings is 1. The average Bonchev–Trinajstić information content (AvgIpc) is 3.21. The molecule has 1 heterocycles. The van der Waals surface area contributed by atoms with Crippen LogP contribution in [0, 0.1) is 5.92 Å². The molecule has 2 fully saturated rings. The molecule has 1 atom stereocenters. The first-order chi connectivity index (χ1) is 9.27. The van der Waals surface area contributed by atoms with E-state index in [9.17, 15) is 4.79 Å². The number of hydrogen-bond acceptors (Lipinski definition) is 3. The normalized spacial score (nSPS) is 27.2. The average molecular weight is 268 g/mol. The van der Waals surface area contributed by atoms with E-state index in [1.165, 1.54) is 51.4 Å². The molecule has 0 aromatic heterocycles. The molecule has 1 saturated heterocycles. The molecule has 3 nitrogen and oxygen atoms in total. The Morgan fingerprint density at radius 2 is 1.95 bits per heavy atom. The number of esters is 1. The van der Waals surface area contributed by atoms with Gasteiger partial charge in [-0.25, -0.2) is 4.79 Å². The van der Waals surface area contributed by atoms with Crippen molar-refractivity contribution < 1.29 is 14.3 Å². The second-order valence-electron chi connectivity index (χ2n) is 6.11. The van der Waals surface area contributed by atoms with E-state index in [1.54, 1.807) is 0 Å². The van der Waals surface area contributed by atoms with E-state index in [0.717, 1.165) is 18.8 Å². The molecule has 0 spiro atoms. The zero-order valence-electron chi connectivity index (χ0n) is 12.3. The molecule has 19 heavy (non-hydrogen) atoms. The molecule has 0 N–H and O–H groups in total. The zero-order valence-corrected chi connectivity index (χ0v) is 12.3. The summed E-state index contributed by atoms with van der Waals surface area (Å²) in [6.45, 7) is 2.86. The van der Waals surface area contributed by atoms with Crippen molar-refractivity contribution in [1.82, 2.24) is 0 Å². The summed E-state index contributed by atoms with van der Waals surface area (Å²) in [5.41, 5.74) is -0.555. The van der Waals surface area contributed by atoms with Crippen LogP contribution < -0.4 is 0 Å². The smallest absolute Gasteiger partial charge is 0.340 e. The van der Waals surface area contributed by atoms with E-state index in [-0.39, 0.29) is 5.97 Å². The third kappa shape index (κ3) is 4.48. The summed E-state index contributed by atoms with van der Waals surface area (Å²) in [6.07, 6.45) is 13.0. The molecule has 0 aromatic rings. The van der Waals surface area contributed by atoms with Crippen molar-refractivity contribution in [3.63, 3.8) is 0 Å². The number of unbranched alkanes of at least 4 members (excludes halogenated alkanes) is 2. The molecule has 2 aliphatic rings. The minimum Gasteiger partial charge on any atom is -0.464 e. The summed E-state index contributed by atoms with van der Waals surface area (Å²) in [5.74, 6) is 0.826. The van der Waals surface area contributed by atoms with Gasteiger partial charge in [0.15, 0.2) is 5.60 Å². The highest BCUT2D eigenvalue weighted by Crippen LogP contribution is 2.35. The number of carbonyl (C=O) groups is 1. The Morgan fingerprint density at radius 3 is 2.58 bits per heavy atom. The first-order valence-electron chi connectivity index (χ1n) is 8.08. The van der Waals surface area contributed by atoms with Gasteiger partial charge >= 0.3 is 5.97 Å². The largest absolute Gasteiger partial charge is 0.464 e. The van der Waals surface area contributed by atoms with Gasteiger partial charge in [-0.3, -0.25) is 0 Å². The van der Waals surface area contributed by atoms with Crippen LogP contribution in [0.25, 0.3) is 0 Å². The third-order valence-corrected chi connectivity index (χ3v) is 4.56. The van der Waals surface area contributed by atoms with Crippen LogP contribution in [-0.2, 0) is 14.3 Å². The minimum absolute atomic E-state index is 0.151. The van der Waals surface area contributed by atoms with Crippen LogP contribution in [0.5, 0.6) is 0 Å². The van der Waals surface area contributed by atoms with Crippen molar-refractivity contribution in [2.45, 2.75) is 76.7 Å². The van der Waals surface area contributed by atoms with E-state index in [4.69, 9.17) is 9.47 Å². The quantitative estimate of drug-likeness (QED) is 0.381. The van der Waals surface area contributed by atoms with Gasteiger partial charge in [0, 0.05) is 0 Å². The Bertz CT molecular complexity index is 278. The molecular weight excluding hydrogens is 240 g/mol. The maximum atomic E-state index is 11.7. The predicted octanol–water partition coefficient (Wildman–Crippen LogP) is 3.85. The highest BCUT2D eigenvalue weighted by Gasteiger charge is 2.52. The van der Waals surface area contributed by atoms with Crippen LogP contribution in [-0.4, -0.2) is 24.8 Å². The highest BCUT2D eigenvalue weighted by molar-refractivity contribution is 5.82. The van der Waals surface area contributed by atoms with Gasteiger partial charge in [-0.05, 0) is 25.7 Å².